The van der Waals surface area contributed by atoms with Gasteiger partial charge in [-0.3, -0.25) is 4.79 Å². The monoisotopic (exact) mass is 305 g/mol. The van der Waals surface area contributed by atoms with Crippen LogP contribution in [0, 0.1) is 13.8 Å². The Bertz CT molecular complexity index is 535. The molecule has 0 spiro atoms. The number of carbonyl (C=O) groups excluding carboxylic acids is 1. The molecule has 1 aromatic rings. The zero-order chi connectivity index (χ0) is 15.9. The Kier molecular flexibility index (Phi) is 4.26. The maximum Gasteiger partial charge on any atom is 0.230 e. The number of nitrogens with zero attached hydrogens (tertiary/aromatic N) is 3. The Morgan fingerprint density at radius 3 is 2.50 bits per heavy atom. The highest BCUT2D eigenvalue weighted by Gasteiger charge is 2.40. The molecule has 0 aliphatic carbocycles. The molecule has 2 aliphatic rings. The molecule has 2 aliphatic heterocycles. The average molecular weight is 305 g/mol. The highest BCUT2D eigenvalue weighted by atomic mass is 16.5. The predicted octanol–water partition coefficient (Wildman–Crippen LogP) is 2.48. The molecule has 2 saturated heterocycles. The summed E-state index contributed by atoms with van der Waals surface area (Å²) in [6, 6.07) is 0.909. The molecule has 0 radical (unpaired) electrons. The first kappa shape index (κ1) is 15.5. The molecule has 2 fully saturated rings. The van der Waals surface area contributed by atoms with Gasteiger partial charge in [0, 0.05) is 24.2 Å². The molecule has 1 amide bonds. The van der Waals surface area contributed by atoms with Crippen LogP contribution in [0.15, 0.2) is 4.52 Å². The Hall–Kier alpha value is -1.36. The third kappa shape index (κ3) is 2.56. The fraction of sp³-hybridized carbons (Fsp3) is 0.765. The van der Waals surface area contributed by atoms with Gasteiger partial charge in [-0.1, -0.05) is 5.16 Å². The van der Waals surface area contributed by atoms with E-state index in [9.17, 15) is 4.79 Å². The molecule has 1 aromatic heterocycles. The van der Waals surface area contributed by atoms with Crippen LogP contribution in [0.2, 0.25) is 0 Å². The van der Waals surface area contributed by atoms with E-state index in [1.807, 2.05) is 20.8 Å². The van der Waals surface area contributed by atoms with E-state index in [0.717, 1.165) is 42.9 Å². The molecule has 122 valence electrons. The van der Waals surface area contributed by atoms with Crippen molar-refractivity contribution in [2.45, 2.75) is 64.5 Å². The van der Waals surface area contributed by atoms with Crippen LogP contribution in [-0.2, 0) is 4.79 Å². The lowest BCUT2D eigenvalue weighted by Gasteiger charge is -2.34. The average Bonchev–Trinajstić information content (AvgIpc) is 3.18. The number of likely N-dealkylation sites (tertiary alicyclic amines) is 2. The van der Waals surface area contributed by atoms with Gasteiger partial charge in [0.05, 0.1) is 11.6 Å². The first-order chi connectivity index (χ1) is 10.5. The molecule has 0 bridgehead atoms. The van der Waals surface area contributed by atoms with Gasteiger partial charge in [-0.05, 0) is 60.0 Å². The number of aromatic nitrogens is 1. The summed E-state index contributed by atoms with van der Waals surface area (Å²) in [5.41, 5.74) is 1.81. The maximum atomic E-state index is 13.1. The lowest BCUT2D eigenvalue weighted by atomic mass is 9.96. The SMILES string of the molecule is Cc1noc(C)c1[C@H](C)C(=O)N1CCC[C@H]1[C@@H]1CCCN1C. The summed E-state index contributed by atoms with van der Waals surface area (Å²) >= 11 is 0. The van der Waals surface area contributed by atoms with E-state index in [0.29, 0.717) is 12.1 Å². The molecule has 0 N–H and O–H groups in total. The number of likely N-dealkylation sites (N-methyl/N-ethyl adjacent to an activating group) is 1. The van der Waals surface area contributed by atoms with Crippen LogP contribution in [0.4, 0.5) is 0 Å². The third-order valence-electron chi connectivity index (χ3n) is 5.50. The van der Waals surface area contributed by atoms with E-state index in [-0.39, 0.29) is 11.8 Å². The Balaban J connectivity index is 1.79. The second-order valence-electron chi connectivity index (χ2n) is 6.89. The van der Waals surface area contributed by atoms with Crippen molar-refractivity contribution in [2.75, 3.05) is 20.1 Å². The van der Waals surface area contributed by atoms with E-state index in [1.54, 1.807) is 0 Å². The second-order valence-corrected chi connectivity index (χ2v) is 6.89. The molecule has 3 heterocycles. The van der Waals surface area contributed by atoms with Crippen molar-refractivity contribution in [2.24, 2.45) is 0 Å². The van der Waals surface area contributed by atoms with Crippen molar-refractivity contribution in [1.29, 1.82) is 0 Å². The molecule has 3 rings (SSSR count). The Morgan fingerprint density at radius 2 is 1.91 bits per heavy atom. The van der Waals surface area contributed by atoms with Crippen LogP contribution >= 0.6 is 0 Å². The standard InChI is InChI=1S/C17H27N3O2/c1-11(16-12(2)18-22-13(16)3)17(21)20-10-6-8-15(20)14-7-5-9-19(14)4/h11,14-15H,5-10H2,1-4H3/t11-,14-,15-/m0/s1. The quantitative estimate of drug-likeness (QED) is 0.861. The van der Waals surface area contributed by atoms with E-state index in [1.165, 1.54) is 12.8 Å². The Labute approximate surface area is 132 Å². The number of hydrogen-bond acceptors (Lipinski definition) is 4. The largest absolute Gasteiger partial charge is 0.361 e. The zero-order valence-corrected chi connectivity index (χ0v) is 14.1. The normalized spacial score (nSPS) is 27.5. The fourth-order valence-electron chi connectivity index (χ4n) is 4.37. The number of carbonyl (C=O) groups is 1. The summed E-state index contributed by atoms with van der Waals surface area (Å²) in [6.45, 7) is 7.85. The molecule has 0 aromatic carbocycles. The molecule has 22 heavy (non-hydrogen) atoms. The van der Waals surface area contributed by atoms with Crippen LogP contribution in [0.3, 0.4) is 0 Å². The highest BCUT2D eigenvalue weighted by Crippen LogP contribution is 2.33. The summed E-state index contributed by atoms with van der Waals surface area (Å²) < 4.78 is 5.24. The minimum Gasteiger partial charge on any atom is -0.361 e. The van der Waals surface area contributed by atoms with Crippen molar-refractivity contribution in [3.63, 3.8) is 0 Å². The summed E-state index contributed by atoms with van der Waals surface area (Å²) in [5, 5.41) is 4.00. The van der Waals surface area contributed by atoms with E-state index in [4.69, 9.17) is 4.52 Å². The summed E-state index contributed by atoms with van der Waals surface area (Å²) in [6.07, 6.45) is 4.72. The topological polar surface area (TPSA) is 49.6 Å². The molecule has 0 saturated carbocycles. The van der Waals surface area contributed by atoms with E-state index >= 15 is 0 Å². The molecular formula is C17H27N3O2. The van der Waals surface area contributed by atoms with Crippen LogP contribution in [-0.4, -0.2) is 53.1 Å². The first-order valence-corrected chi connectivity index (χ1v) is 8.44. The van der Waals surface area contributed by atoms with E-state index < -0.39 is 0 Å². The van der Waals surface area contributed by atoms with Crippen molar-refractivity contribution in [1.82, 2.24) is 15.0 Å². The van der Waals surface area contributed by atoms with Crippen molar-refractivity contribution < 1.29 is 9.32 Å². The smallest absolute Gasteiger partial charge is 0.230 e. The lowest BCUT2D eigenvalue weighted by molar-refractivity contribution is -0.134. The molecule has 3 atom stereocenters. The van der Waals surface area contributed by atoms with Crippen LogP contribution < -0.4 is 0 Å². The van der Waals surface area contributed by atoms with E-state index in [2.05, 4.69) is 22.0 Å². The number of amides is 1. The highest BCUT2D eigenvalue weighted by molar-refractivity contribution is 5.84. The minimum absolute atomic E-state index is 0.168. The minimum atomic E-state index is -0.168. The van der Waals surface area contributed by atoms with Gasteiger partial charge in [-0.15, -0.1) is 0 Å². The van der Waals surface area contributed by atoms with Crippen LogP contribution in [0.5, 0.6) is 0 Å². The van der Waals surface area contributed by atoms with Gasteiger partial charge in [-0.25, -0.2) is 0 Å². The Morgan fingerprint density at radius 1 is 1.23 bits per heavy atom. The maximum absolute atomic E-state index is 13.1. The summed E-state index contributed by atoms with van der Waals surface area (Å²) in [5.74, 6) is 0.836. The van der Waals surface area contributed by atoms with Crippen molar-refractivity contribution in [3.05, 3.63) is 17.0 Å². The summed E-state index contributed by atoms with van der Waals surface area (Å²) in [4.78, 5) is 17.6. The van der Waals surface area contributed by atoms with Crippen LogP contribution in [0.1, 0.15) is 55.5 Å². The van der Waals surface area contributed by atoms with Gasteiger partial charge in [0.15, 0.2) is 0 Å². The van der Waals surface area contributed by atoms with Crippen molar-refractivity contribution >= 4 is 5.91 Å². The second kappa shape index (κ2) is 6.03. The lowest BCUT2D eigenvalue weighted by Crippen LogP contribution is -2.48. The van der Waals surface area contributed by atoms with Gasteiger partial charge >= 0.3 is 0 Å². The van der Waals surface area contributed by atoms with Gasteiger partial charge in [-0.2, -0.15) is 0 Å². The fourth-order valence-corrected chi connectivity index (χ4v) is 4.37. The number of hydrogen-bond donors (Lipinski definition) is 0. The van der Waals surface area contributed by atoms with Gasteiger partial charge in [0.2, 0.25) is 5.91 Å². The molecular weight excluding hydrogens is 278 g/mol. The molecule has 0 unspecified atom stereocenters. The number of rotatable bonds is 3. The van der Waals surface area contributed by atoms with Gasteiger partial charge < -0.3 is 14.3 Å². The number of aryl methyl sites for hydroxylation is 2. The zero-order valence-electron chi connectivity index (χ0n) is 14.1. The first-order valence-electron chi connectivity index (χ1n) is 8.44. The molecule has 5 nitrogen and oxygen atoms in total. The van der Waals surface area contributed by atoms with Gasteiger partial charge in [0.25, 0.3) is 0 Å². The third-order valence-corrected chi connectivity index (χ3v) is 5.50. The van der Waals surface area contributed by atoms with Gasteiger partial charge in [0.1, 0.15) is 5.76 Å². The van der Waals surface area contributed by atoms with Crippen molar-refractivity contribution in [3.8, 4) is 0 Å². The summed E-state index contributed by atoms with van der Waals surface area (Å²) in [7, 11) is 2.19. The molecule has 5 heteroatoms. The van der Waals surface area contributed by atoms with Crippen LogP contribution in [0.25, 0.3) is 0 Å². The predicted molar refractivity (Wildman–Crippen MR) is 84.8 cm³/mol.